The first-order chi connectivity index (χ1) is 20.2. The van der Waals surface area contributed by atoms with Crippen LogP contribution in [0.1, 0.15) is 63.5 Å². The van der Waals surface area contributed by atoms with Crippen LogP contribution in [0.4, 0.5) is 5.69 Å². The minimum Gasteiger partial charge on any atom is -0.360 e. The molecule has 222 valence electrons. The van der Waals surface area contributed by atoms with Gasteiger partial charge in [0.15, 0.2) is 0 Å². The Morgan fingerprint density at radius 3 is 2.36 bits per heavy atom. The first-order valence-corrected chi connectivity index (χ1v) is 14.4. The van der Waals surface area contributed by atoms with E-state index in [1.54, 1.807) is 24.0 Å². The number of benzene rings is 2. The number of carbonyl (C=O) groups is 3. The highest BCUT2D eigenvalue weighted by molar-refractivity contribution is 5.88. The van der Waals surface area contributed by atoms with E-state index in [0.29, 0.717) is 31.5 Å². The summed E-state index contributed by atoms with van der Waals surface area (Å²) in [6.07, 6.45) is 4.26. The summed E-state index contributed by atoms with van der Waals surface area (Å²) in [4.78, 5) is 51.7. The molecule has 2 aliphatic heterocycles. The molecular weight excluding hydrogens is 534 g/mol. The van der Waals surface area contributed by atoms with Crippen LogP contribution >= 0.6 is 0 Å². The number of non-ortho nitro benzene ring substituents is 1. The number of rotatable bonds is 13. The Morgan fingerprint density at radius 1 is 1.14 bits per heavy atom. The highest BCUT2D eigenvalue weighted by Crippen LogP contribution is 2.40. The van der Waals surface area contributed by atoms with Gasteiger partial charge in [-0.05, 0) is 70.3 Å². The molecule has 2 heterocycles. The first kappa shape index (κ1) is 30.6. The van der Waals surface area contributed by atoms with E-state index in [1.165, 1.54) is 12.1 Å². The normalized spacial score (nSPS) is 18.7. The molecule has 0 radical (unpaired) electrons. The number of allylic oxidation sites excluding steroid dienone is 2. The van der Waals surface area contributed by atoms with E-state index in [-0.39, 0.29) is 11.5 Å². The SMILES string of the molecule is CCC1=C(N(C=O)CCCN2CCC(C(C)=O)(c3ccccc3)CC2)C(c2ccc([N+](=O)[O-])cc2)C(NC=O)=C(C)N1. The molecule has 1 saturated heterocycles. The number of Topliss-reactive ketones (excluding diaryl/α,β-unsaturated/α-hetero) is 1. The average Bonchev–Trinajstić information content (AvgIpc) is 3.01. The van der Waals surface area contributed by atoms with Crippen molar-refractivity contribution in [2.75, 3.05) is 26.2 Å². The van der Waals surface area contributed by atoms with E-state index >= 15 is 0 Å². The molecule has 2 aliphatic rings. The molecular formula is C32H39N5O5. The highest BCUT2D eigenvalue weighted by atomic mass is 16.6. The summed E-state index contributed by atoms with van der Waals surface area (Å²) >= 11 is 0. The van der Waals surface area contributed by atoms with Crippen LogP contribution < -0.4 is 10.6 Å². The fourth-order valence-electron chi connectivity index (χ4n) is 6.32. The monoisotopic (exact) mass is 573 g/mol. The maximum Gasteiger partial charge on any atom is 0.269 e. The van der Waals surface area contributed by atoms with E-state index in [1.807, 2.05) is 44.2 Å². The van der Waals surface area contributed by atoms with Gasteiger partial charge < -0.3 is 20.4 Å². The fraction of sp³-hybridized carbons (Fsp3) is 0.406. The van der Waals surface area contributed by atoms with E-state index in [4.69, 9.17) is 0 Å². The lowest BCUT2D eigenvalue weighted by Gasteiger charge is -2.41. The number of hydrogen-bond acceptors (Lipinski definition) is 7. The largest absolute Gasteiger partial charge is 0.360 e. The van der Waals surface area contributed by atoms with Crippen molar-refractivity contribution >= 4 is 24.3 Å². The number of piperidine rings is 1. The number of nitro groups is 1. The summed E-state index contributed by atoms with van der Waals surface area (Å²) in [5, 5.41) is 17.4. The molecule has 42 heavy (non-hydrogen) atoms. The van der Waals surface area contributed by atoms with Crippen molar-refractivity contribution < 1.29 is 19.3 Å². The number of nitro benzene ring substituents is 1. The number of nitrogens with zero attached hydrogens (tertiary/aromatic N) is 3. The molecule has 4 rings (SSSR count). The summed E-state index contributed by atoms with van der Waals surface area (Å²) < 4.78 is 0. The number of amides is 2. The minimum absolute atomic E-state index is 0.0330. The molecule has 10 heteroatoms. The van der Waals surface area contributed by atoms with Crippen molar-refractivity contribution in [1.29, 1.82) is 0 Å². The van der Waals surface area contributed by atoms with Gasteiger partial charge in [0.25, 0.3) is 5.69 Å². The number of likely N-dealkylation sites (tertiary alicyclic amines) is 1. The fourth-order valence-corrected chi connectivity index (χ4v) is 6.32. The molecule has 2 aromatic rings. The van der Waals surface area contributed by atoms with Gasteiger partial charge in [-0.3, -0.25) is 24.5 Å². The maximum atomic E-state index is 12.8. The second kappa shape index (κ2) is 13.6. The van der Waals surface area contributed by atoms with Crippen LogP contribution in [0.5, 0.6) is 0 Å². The molecule has 1 fully saturated rings. The highest BCUT2D eigenvalue weighted by Gasteiger charge is 2.40. The number of carbonyl (C=O) groups excluding carboxylic acids is 3. The van der Waals surface area contributed by atoms with Crippen LogP contribution in [0.3, 0.4) is 0 Å². The Bertz CT molecular complexity index is 1360. The zero-order valence-electron chi connectivity index (χ0n) is 24.5. The van der Waals surface area contributed by atoms with Crippen molar-refractivity contribution in [2.45, 2.75) is 57.8 Å². The van der Waals surface area contributed by atoms with E-state index in [9.17, 15) is 24.5 Å². The second-order valence-corrected chi connectivity index (χ2v) is 10.9. The van der Waals surface area contributed by atoms with E-state index < -0.39 is 16.3 Å². The molecule has 0 aliphatic carbocycles. The lowest BCUT2D eigenvalue weighted by atomic mass is 9.70. The van der Waals surface area contributed by atoms with Crippen LogP contribution in [0.25, 0.3) is 0 Å². The summed E-state index contributed by atoms with van der Waals surface area (Å²) in [7, 11) is 0. The number of dihydropyridines is 1. The van der Waals surface area contributed by atoms with Gasteiger partial charge in [0.2, 0.25) is 12.8 Å². The summed E-state index contributed by atoms with van der Waals surface area (Å²) in [5.41, 5.74) is 4.23. The molecule has 0 bridgehead atoms. The molecule has 2 N–H and O–H groups in total. The number of hydrogen-bond donors (Lipinski definition) is 2. The van der Waals surface area contributed by atoms with Gasteiger partial charge in [0, 0.05) is 30.1 Å². The summed E-state index contributed by atoms with van der Waals surface area (Å²) in [5.74, 6) is -0.292. The molecule has 0 aromatic heterocycles. The number of nitrogens with one attached hydrogen (secondary N) is 2. The third-order valence-corrected chi connectivity index (χ3v) is 8.64. The first-order valence-electron chi connectivity index (χ1n) is 14.4. The topological polar surface area (TPSA) is 125 Å². The van der Waals surface area contributed by atoms with Crippen molar-refractivity contribution in [3.63, 3.8) is 0 Å². The third kappa shape index (κ3) is 6.28. The Hall–Kier alpha value is -4.31. The smallest absolute Gasteiger partial charge is 0.269 e. The van der Waals surface area contributed by atoms with Crippen molar-refractivity contribution in [1.82, 2.24) is 20.4 Å². The van der Waals surface area contributed by atoms with Crippen LogP contribution in [0, 0.1) is 10.1 Å². The lowest BCUT2D eigenvalue weighted by molar-refractivity contribution is -0.384. The molecule has 2 aromatic carbocycles. The van der Waals surface area contributed by atoms with Gasteiger partial charge in [-0.25, -0.2) is 0 Å². The molecule has 0 spiro atoms. The van der Waals surface area contributed by atoms with Gasteiger partial charge in [-0.1, -0.05) is 49.4 Å². The van der Waals surface area contributed by atoms with Crippen molar-refractivity contribution in [2.24, 2.45) is 0 Å². The standard InChI is InChI=1S/C32H39N5O5/c1-4-28-31(29(30(33-21-38)23(2)34-28)25-11-13-27(14-12-25)37(41)42)36(22-39)18-8-17-35-19-15-32(16-20-35,24(3)40)26-9-6-5-7-10-26/h5-7,9-14,21-22,29,34H,4,8,15-20H2,1-3H3,(H,33,38). The van der Waals surface area contributed by atoms with Gasteiger partial charge in [-0.15, -0.1) is 0 Å². The van der Waals surface area contributed by atoms with Crippen molar-refractivity contribution in [3.05, 3.63) is 98.6 Å². The molecule has 0 saturated carbocycles. The molecule has 1 unspecified atom stereocenters. The van der Waals surface area contributed by atoms with Crippen LogP contribution in [0.15, 0.2) is 77.4 Å². The Labute approximate surface area is 246 Å². The lowest BCUT2D eigenvalue weighted by Crippen LogP contribution is -2.47. The second-order valence-electron chi connectivity index (χ2n) is 10.9. The van der Waals surface area contributed by atoms with Crippen LogP contribution in [0.2, 0.25) is 0 Å². The Balaban J connectivity index is 1.51. The molecule has 2 amide bonds. The zero-order chi connectivity index (χ0) is 30.3. The quantitative estimate of drug-likeness (QED) is 0.207. The molecule has 1 atom stereocenters. The van der Waals surface area contributed by atoms with E-state index in [2.05, 4.69) is 15.5 Å². The Morgan fingerprint density at radius 2 is 1.81 bits per heavy atom. The van der Waals surface area contributed by atoms with E-state index in [0.717, 1.165) is 67.1 Å². The van der Waals surface area contributed by atoms with Crippen LogP contribution in [-0.4, -0.2) is 59.5 Å². The summed E-state index contributed by atoms with van der Waals surface area (Å²) in [6.45, 7) is 8.34. The summed E-state index contributed by atoms with van der Waals surface area (Å²) in [6, 6.07) is 16.2. The van der Waals surface area contributed by atoms with Gasteiger partial charge in [-0.2, -0.15) is 0 Å². The van der Waals surface area contributed by atoms with Crippen molar-refractivity contribution in [3.8, 4) is 0 Å². The third-order valence-electron chi connectivity index (χ3n) is 8.64. The predicted octanol–water partition coefficient (Wildman–Crippen LogP) is 4.35. The van der Waals surface area contributed by atoms with Gasteiger partial charge >= 0.3 is 0 Å². The molecule has 10 nitrogen and oxygen atoms in total. The van der Waals surface area contributed by atoms with Crippen LogP contribution in [-0.2, 0) is 19.8 Å². The van der Waals surface area contributed by atoms with Gasteiger partial charge in [0.05, 0.1) is 27.7 Å². The zero-order valence-corrected chi connectivity index (χ0v) is 24.5. The number of ketones is 1. The predicted molar refractivity (Wildman–Crippen MR) is 160 cm³/mol. The maximum absolute atomic E-state index is 12.8. The Kier molecular flexibility index (Phi) is 9.90. The van der Waals surface area contributed by atoms with Gasteiger partial charge in [0.1, 0.15) is 5.78 Å². The average molecular weight is 574 g/mol. The minimum atomic E-state index is -0.491.